The van der Waals surface area contributed by atoms with E-state index < -0.39 is 0 Å². The highest BCUT2D eigenvalue weighted by Gasteiger charge is 2.17. The van der Waals surface area contributed by atoms with Gasteiger partial charge >= 0.3 is 0 Å². The van der Waals surface area contributed by atoms with Gasteiger partial charge in [-0.2, -0.15) is 0 Å². The van der Waals surface area contributed by atoms with Crippen molar-refractivity contribution in [3.05, 3.63) is 29.8 Å². The Bertz CT molecular complexity index is 269. The summed E-state index contributed by atoms with van der Waals surface area (Å²) in [5, 5.41) is 0. The molecule has 0 saturated carbocycles. The van der Waals surface area contributed by atoms with Crippen molar-refractivity contribution < 1.29 is 9.47 Å². The summed E-state index contributed by atoms with van der Waals surface area (Å²) in [7, 11) is 5.62. The maximum atomic E-state index is 5.62. The van der Waals surface area contributed by atoms with Gasteiger partial charge in [-0.25, -0.2) is 0 Å². The Balaban J connectivity index is 2.21. The highest BCUT2D eigenvalue weighted by Crippen LogP contribution is 2.21. The molecule has 1 saturated heterocycles. The molecule has 0 unspecified atom stereocenters. The molecule has 1 fully saturated rings. The summed E-state index contributed by atoms with van der Waals surface area (Å²) in [6.45, 7) is 1.33. The molecule has 2 radical (unpaired) electrons. The zero-order valence-electron chi connectivity index (χ0n) is 6.69. The molecule has 1 aliphatic heterocycles. The van der Waals surface area contributed by atoms with E-state index in [1.807, 2.05) is 24.3 Å². The maximum Gasteiger partial charge on any atom is 0.184 e. The lowest BCUT2D eigenvalue weighted by molar-refractivity contribution is -0.0440. The average Bonchev–Trinajstić information content (AvgIpc) is 2.56. The first-order chi connectivity index (χ1) is 5.86. The van der Waals surface area contributed by atoms with Gasteiger partial charge in [0.25, 0.3) is 0 Å². The Hall–Kier alpha value is -0.795. The minimum atomic E-state index is -0.214. The Kier molecular flexibility index (Phi) is 2.15. The molecule has 1 aliphatic rings. The lowest BCUT2D eigenvalue weighted by Crippen LogP contribution is -2.06. The van der Waals surface area contributed by atoms with Crippen molar-refractivity contribution in [2.75, 3.05) is 13.2 Å². The quantitative estimate of drug-likeness (QED) is 0.557. The predicted octanol–water partition coefficient (Wildman–Crippen LogP) is 0.526. The molecule has 1 heterocycles. The summed E-state index contributed by atoms with van der Waals surface area (Å²) in [5.74, 6) is 0. The zero-order valence-corrected chi connectivity index (χ0v) is 6.69. The van der Waals surface area contributed by atoms with Gasteiger partial charge in [-0.3, -0.25) is 0 Å². The highest BCUT2D eigenvalue weighted by molar-refractivity contribution is 6.32. The molecular formula is C9H9BO2. The molecular weight excluding hydrogens is 151 g/mol. The van der Waals surface area contributed by atoms with Gasteiger partial charge in [-0.05, 0) is 0 Å². The summed E-state index contributed by atoms with van der Waals surface area (Å²) in [5.41, 5.74) is 1.74. The number of hydrogen-bond acceptors (Lipinski definition) is 2. The summed E-state index contributed by atoms with van der Waals surface area (Å²) in [6.07, 6.45) is -0.214. The van der Waals surface area contributed by atoms with Crippen molar-refractivity contribution in [1.29, 1.82) is 0 Å². The first-order valence-electron chi connectivity index (χ1n) is 3.95. The van der Waals surface area contributed by atoms with Gasteiger partial charge in [-0.15, -0.1) is 0 Å². The van der Waals surface area contributed by atoms with Crippen molar-refractivity contribution in [3.63, 3.8) is 0 Å². The first-order valence-corrected chi connectivity index (χ1v) is 3.95. The third-order valence-electron chi connectivity index (χ3n) is 1.80. The summed E-state index contributed by atoms with van der Waals surface area (Å²) < 4.78 is 10.6. The number of benzene rings is 1. The van der Waals surface area contributed by atoms with E-state index in [9.17, 15) is 0 Å². The molecule has 0 atom stereocenters. The molecule has 0 N–H and O–H groups in total. The van der Waals surface area contributed by atoms with Gasteiger partial charge in [0, 0.05) is 5.56 Å². The fourth-order valence-corrected chi connectivity index (χ4v) is 1.26. The average molecular weight is 160 g/mol. The van der Waals surface area contributed by atoms with E-state index in [0.717, 1.165) is 11.0 Å². The highest BCUT2D eigenvalue weighted by atomic mass is 16.7. The van der Waals surface area contributed by atoms with Crippen LogP contribution in [0.25, 0.3) is 0 Å². The molecule has 0 bridgehead atoms. The predicted molar refractivity (Wildman–Crippen MR) is 46.5 cm³/mol. The van der Waals surface area contributed by atoms with Gasteiger partial charge < -0.3 is 9.47 Å². The molecule has 3 heteroatoms. The van der Waals surface area contributed by atoms with E-state index >= 15 is 0 Å². The van der Waals surface area contributed by atoms with Crippen LogP contribution < -0.4 is 5.46 Å². The van der Waals surface area contributed by atoms with E-state index in [1.165, 1.54) is 0 Å². The number of ether oxygens (including phenoxy) is 2. The fraction of sp³-hybridized carbons (Fsp3) is 0.333. The Morgan fingerprint density at radius 3 is 2.67 bits per heavy atom. The first kappa shape index (κ1) is 7.83. The second-order valence-electron chi connectivity index (χ2n) is 2.74. The van der Waals surface area contributed by atoms with Crippen molar-refractivity contribution in [2.45, 2.75) is 6.29 Å². The Labute approximate surface area is 72.9 Å². The molecule has 12 heavy (non-hydrogen) atoms. The third-order valence-corrected chi connectivity index (χ3v) is 1.80. The van der Waals surface area contributed by atoms with Crippen LogP contribution in [0.2, 0.25) is 0 Å². The lowest BCUT2D eigenvalue weighted by Gasteiger charge is -2.09. The summed E-state index contributed by atoms with van der Waals surface area (Å²) in [4.78, 5) is 0. The standard InChI is InChI=1S/C9H9BO2/c10-8-3-1-2-7(6-8)9-11-4-5-12-9/h1-3,6,9H,4-5H2. The minimum absolute atomic E-state index is 0.214. The van der Waals surface area contributed by atoms with Crippen LogP contribution in [-0.2, 0) is 9.47 Å². The van der Waals surface area contributed by atoms with Crippen molar-refractivity contribution in [2.24, 2.45) is 0 Å². The monoisotopic (exact) mass is 160 g/mol. The SMILES string of the molecule is [B]c1cccc(C2OCCO2)c1. The maximum absolute atomic E-state index is 5.62. The number of hydrogen-bond donors (Lipinski definition) is 0. The van der Waals surface area contributed by atoms with E-state index in [1.54, 1.807) is 0 Å². The van der Waals surface area contributed by atoms with Gasteiger partial charge in [0.05, 0.1) is 13.2 Å². The van der Waals surface area contributed by atoms with Crippen molar-refractivity contribution in [3.8, 4) is 0 Å². The van der Waals surface area contributed by atoms with Crippen LogP contribution in [0.15, 0.2) is 24.3 Å². The fourth-order valence-electron chi connectivity index (χ4n) is 1.26. The van der Waals surface area contributed by atoms with E-state index in [4.69, 9.17) is 17.3 Å². The molecule has 1 aromatic carbocycles. The van der Waals surface area contributed by atoms with Gasteiger partial charge in [0.15, 0.2) is 6.29 Å². The third kappa shape index (κ3) is 1.52. The van der Waals surface area contributed by atoms with Crippen LogP contribution in [-0.4, -0.2) is 21.1 Å². The normalized spacial score (nSPS) is 18.3. The molecule has 2 nitrogen and oxygen atoms in total. The lowest BCUT2D eigenvalue weighted by atomic mass is 9.94. The van der Waals surface area contributed by atoms with Gasteiger partial charge in [0.1, 0.15) is 7.85 Å². The zero-order chi connectivity index (χ0) is 8.39. The van der Waals surface area contributed by atoms with Crippen molar-refractivity contribution >= 4 is 13.3 Å². The molecule has 0 aliphatic carbocycles. The van der Waals surface area contributed by atoms with Crippen LogP contribution in [0.4, 0.5) is 0 Å². The topological polar surface area (TPSA) is 18.5 Å². The Morgan fingerprint density at radius 1 is 1.25 bits per heavy atom. The van der Waals surface area contributed by atoms with Crippen molar-refractivity contribution in [1.82, 2.24) is 0 Å². The van der Waals surface area contributed by atoms with E-state index in [0.29, 0.717) is 13.2 Å². The van der Waals surface area contributed by atoms with E-state index in [-0.39, 0.29) is 6.29 Å². The second kappa shape index (κ2) is 3.29. The minimum Gasteiger partial charge on any atom is -0.346 e. The molecule has 60 valence electrons. The van der Waals surface area contributed by atoms with Crippen LogP contribution in [0.5, 0.6) is 0 Å². The molecule has 2 rings (SSSR count). The van der Waals surface area contributed by atoms with Crippen LogP contribution in [0.3, 0.4) is 0 Å². The Morgan fingerprint density at radius 2 is 2.00 bits per heavy atom. The largest absolute Gasteiger partial charge is 0.346 e. The van der Waals surface area contributed by atoms with Crippen LogP contribution in [0, 0.1) is 0 Å². The molecule has 0 spiro atoms. The number of rotatable bonds is 1. The smallest absolute Gasteiger partial charge is 0.184 e. The van der Waals surface area contributed by atoms with Crippen LogP contribution in [0.1, 0.15) is 11.9 Å². The molecule has 1 aromatic rings. The summed E-state index contributed by atoms with van der Waals surface area (Å²) in [6, 6.07) is 7.57. The molecule has 0 aromatic heterocycles. The van der Waals surface area contributed by atoms with E-state index in [2.05, 4.69) is 0 Å². The summed E-state index contributed by atoms with van der Waals surface area (Å²) >= 11 is 0. The molecule has 0 amide bonds. The second-order valence-corrected chi connectivity index (χ2v) is 2.74. The van der Waals surface area contributed by atoms with Gasteiger partial charge in [0.2, 0.25) is 0 Å². The van der Waals surface area contributed by atoms with Gasteiger partial charge in [-0.1, -0.05) is 29.7 Å². The van der Waals surface area contributed by atoms with Crippen LogP contribution >= 0.6 is 0 Å².